The lowest BCUT2D eigenvalue weighted by Crippen LogP contribution is -2.31. The average Bonchev–Trinajstić information content (AvgIpc) is 3.60. The summed E-state index contributed by atoms with van der Waals surface area (Å²) in [6, 6.07) is 8.10. The molecule has 12 heteroatoms. The zero-order valence-corrected chi connectivity index (χ0v) is 23.5. The van der Waals surface area contributed by atoms with Crippen LogP contribution in [0.4, 0.5) is 5.82 Å². The van der Waals surface area contributed by atoms with Gasteiger partial charge in [-0.1, -0.05) is 32.4 Å². The van der Waals surface area contributed by atoms with Crippen molar-refractivity contribution >= 4 is 57.8 Å². The molecule has 0 atom stereocenters. The number of halogens is 1. The van der Waals surface area contributed by atoms with E-state index in [1.807, 2.05) is 6.07 Å². The lowest BCUT2D eigenvalue weighted by Gasteiger charge is -2.22. The summed E-state index contributed by atoms with van der Waals surface area (Å²) in [6.07, 6.45) is 1.28. The van der Waals surface area contributed by atoms with Gasteiger partial charge >= 0.3 is 5.97 Å². The van der Waals surface area contributed by atoms with Crippen LogP contribution in [0.2, 0.25) is 4.34 Å². The highest BCUT2D eigenvalue weighted by Gasteiger charge is 2.30. The molecule has 0 aliphatic rings. The van der Waals surface area contributed by atoms with Crippen LogP contribution in [0, 0.1) is 5.41 Å². The molecule has 0 saturated carbocycles. The van der Waals surface area contributed by atoms with Gasteiger partial charge in [0.25, 0.3) is 11.5 Å². The lowest BCUT2D eigenvalue weighted by molar-refractivity contribution is 0.0696. The first-order valence-corrected chi connectivity index (χ1v) is 13.6. The highest BCUT2D eigenvalue weighted by Crippen LogP contribution is 2.30. The number of thiophene rings is 2. The van der Waals surface area contributed by atoms with Crippen molar-refractivity contribution in [1.82, 2.24) is 14.3 Å². The van der Waals surface area contributed by atoms with Gasteiger partial charge in [0, 0.05) is 40.5 Å². The molecule has 0 aliphatic carbocycles. The number of pyridine rings is 1. The number of hydrogen-bond donors (Lipinski definition) is 1. The standard InChI is InChI=1S/C26H25ClN4O5S2/c1-26(2,3)25(36)31-21(29(4)12-16-5-6-20(27)38-16)11-18(28-31)22-17(24(34)35)7-9-30(23(22)33)13-19(32)15-8-10-37-14-15/h5-11,14H,12-13H2,1-4H3,(H,34,35). The van der Waals surface area contributed by atoms with E-state index in [2.05, 4.69) is 5.10 Å². The first-order valence-electron chi connectivity index (χ1n) is 11.5. The van der Waals surface area contributed by atoms with E-state index in [0.29, 0.717) is 22.3 Å². The third-order valence-corrected chi connectivity index (χ3v) is 7.65. The molecule has 38 heavy (non-hydrogen) atoms. The summed E-state index contributed by atoms with van der Waals surface area (Å²) in [5.74, 6) is -1.57. The Labute approximate surface area is 231 Å². The number of carbonyl (C=O) groups is 3. The van der Waals surface area contributed by atoms with Crippen molar-refractivity contribution in [2.45, 2.75) is 33.9 Å². The number of nitrogens with zero attached hydrogens (tertiary/aromatic N) is 4. The fraction of sp³-hybridized carbons (Fsp3) is 0.269. The number of aromatic nitrogens is 3. The molecule has 0 saturated heterocycles. The molecule has 9 nitrogen and oxygen atoms in total. The molecule has 4 aromatic rings. The van der Waals surface area contributed by atoms with Crippen molar-refractivity contribution in [2.75, 3.05) is 11.9 Å². The number of ketones is 1. The minimum absolute atomic E-state index is 0.0217. The lowest BCUT2D eigenvalue weighted by atomic mass is 9.96. The van der Waals surface area contributed by atoms with Gasteiger partial charge in [-0.2, -0.15) is 21.1 Å². The van der Waals surface area contributed by atoms with Gasteiger partial charge in [0.2, 0.25) is 0 Å². The van der Waals surface area contributed by atoms with Crippen molar-refractivity contribution in [1.29, 1.82) is 0 Å². The quantitative estimate of drug-likeness (QED) is 0.281. The van der Waals surface area contributed by atoms with Gasteiger partial charge in [-0.3, -0.25) is 14.4 Å². The van der Waals surface area contributed by atoms with Gasteiger partial charge in [-0.25, -0.2) is 4.79 Å². The van der Waals surface area contributed by atoms with Gasteiger partial charge in [0.05, 0.1) is 28.6 Å². The molecule has 4 heterocycles. The normalized spacial score (nSPS) is 11.5. The highest BCUT2D eigenvalue weighted by molar-refractivity contribution is 7.16. The van der Waals surface area contributed by atoms with Gasteiger partial charge in [-0.05, 0) is 29.6 Å². The Bertz CT molecular complexity index is 1580. The average molecular weight is 573 g/mol. The molecule has 0 unspecified atom stereocenters. The van der Waals surface area contributed by atoms with E-state index in [4.69, 9.17) is 11.6 Å². The van der Waals surface area contributed by atoms with Gasteiger partial charge in [-0.15, -0.1) is 11.3 Å². The predicted octanol–water partition coefficient (Wildman–Crippen LogP) is 5.39. The van der Waals surface area contributed by atoms with Crippen LogP contribution in [0.3, 0.4) is 0 Å². The third-order valence-electron chi connectivity index (χ3n) is 5.75. The van der Waals surface area contributed by atoms with Crippen LogP contribution in [0.15, 0.2) is 52.1 Å². The number of carboxylic acid groups (broad SMARTS) is 1. The number of rotatable bonds is 8. The van der Waals surface area contributed by atoms with Crippen LogP contribution in [0.5, 0.6) is 0 Å². The molecule has 0 aliphatic heterocycles. The Balaban J connectivity index is 1.84. The molecule has 0 aromatic carbocycles. The summed E-state index contributed by atoms with van der Waals surface area (Å²) in [7, 11) is 1.77. The van der Waals surface area contributed by atoms with Crippen molar-refractivity contribution in [3.8, 4) is 11.3 Å². The minimum Gasteiger partial charge on any atom is -0.478 e. The first kappa shape index (κ1) is 27.5. The second-order valence-corrected chi connectivity index (χ2v) is 12.3. The molecule has 0 fully saturated rings. The minimum atomic E-state index is -1.33. The van der Waals surface area contributed by atoms with E-state index in [1.54, 1.807) is 55.6 Å². The maximum Gasteiger partial charge on any atom is 0.336 e. The summed E-state index contributed by atoms with van der Waals surface area (Å²) in [5, 5.41) is 17.7. The van der Waals surface area contributed by atoms with Crippen LogP contribution >= 0.6 is 34.3 Å². The predicted molar refractivity (Wildman–Crippen MR) is 149 cm³/mol. The van der Waals surface area contributed by atoms with Crippen LogP contribution in [-0.2, 0) is 13.1 Å². The second kappa shape index (κ2) is 10.7. The van der Waals surface area contributed by atoms with Crippen molar-refractivity contribution in [3.63, 3.8) is 0 Å². The second-order valence-electron chi connectivity index (χ2n) is 9.69. The monoisotopic (exact) mass is 572 g/mol. The maximum absolute atomic E-state index is 13.5. The first-order chi connectivity index (χ1) is 17.9. The number of aromatic carboxylic acids is 1. The zero-order chi connectivity index (χ0) is 27.8. The largest absolute Gasteiger partial charge is 0.478 e. The number of hydrogen-bond acceptors (Lipinski definition) is 8. The molecular weight excluding hydrogens is 548 g/mol. The van der Waals surface area contributed by atoms with E-state index >= 15 is 0 Å². The number of carbonyl (C=O) groups excluding carboxylic acids is 2. The molecule has 4 rings (SSSR count). The Hall–Kier alpha value is -3.54. The van der Waals surface area contributed by atoms with E-state index in [0.717, 1.165) is 9.44 Å². The molecule has 4 aromatic heterocycles. The Morgan fingerprint density at radius 2 is 1.89 bits per heavy atom. The van der Waals surface area contributed by atoms with Crippen LogP contribution < -0.4 is 10.5 Å². The number of Topliss-reactive ketones (excluding diaryl/α,β-unsaturated/α-hetero) is 1. The van der Waals surface area contributed by atoms with E-state index in [9.17, 15) is 24.3 Å². The Morgan fingerprint density at radius 1 is 1.16 bits per heavy atom. The summed E-state index contributed by atoms with van der Waals surface area (Å²) in [4.78, 5) is 54.4. The van der Waals surface area contributed by atoms with Crippen LogP contribution in [0.25, 0.3) is 11.3 Å². The summed E-state index contributed by atoms with van der Waals surface area (Å²) < 4.78 is 2.98. The Morgan fingerprint density at radius 3 is 2.47 bits per heavy atom. The Kier molecular flexibility index (Phi) is 7.73. The highest BCUT2D eigenvalue weighted by atomic mass is 35.5. The van der Waals surface area contributed by atoms with Crippen molar-refractivity contribution in [2.24, 2.45) is 5.41 Å². The van der Waals surface area contributed by atoms with E-state index < -0.39 is 16.9 Å². The fourth-order valence-corrected chi connectivity index (χ4v) is 5.58. The number of carboxylic acids is 1. The SMILES string of the molecule is CN(Cc1ccc(Cl)s1)c1cc(-c2c(C(=O)O)ccn(CC(=O)c3ccsc3)c2=O)nn1C(=O)C(C)(C)C. The van der Waals surface area contributed by atoms with Gasteiger partial charge in [0.1, 0.15) is 11.5 Å². The fourth-order valence-electron chi connectivity index (χ4n) is 3.78. The van der Waals surface area contributed by atoms with Gasteiger partial charge < -0.3 is 14.6 Å². The third kappa shape index (κ3) is 5.64. The molecule has 0 spiro atoms. The maximum atomic E-state index is 13.5. The number of anilines is 1. The molecular formula is C26H25ClN4O5S2. The molecule has 0 amide bonds. The molecule has 198 valence electrons. The molecule has 1 N–H and O–H groups in total. The summed E-state index contributed by atoms with van der Waals surface area (Å²) in [5.41, 5.74) is -1.50. The zero-order valence-electron chi connectivity index (χ0n) is 21.1. The topological polar surface area (TPSA) is 114 Å². The van der Waals surface area contributed by atoms with E-state index in [1.165, 1.54) is 45.7 Å². The molecule has 0 bridgehead atoms. The van der Waals surface area contributed by atoms with E-state index in [-0.39, 0.29) is 35.1 Å². The van der Waals surface area contributed by atoms with Crippen molar-refractivity contribution in [3.05, 3.63) is 78.0 Å². The summed E-state index contributed by atoms with van der Waals surface area (Å²) >= 11 is 8.83. The smallest absolute Gasteiger partial charge is 0.336 e. The van der Waals surface area contributed by atoms with Crippen molar-refractivity contribution < 1.29 is 19.5 Å². The summed E-state index contributed by atoms with van der Waals surface area (Å²) in [6.45, 7) is 5.37. The van der Waals surface area contributed by atoms with Crippen LogP contribution in [-0.4, -0.2) is 44.2 Å². The van der Waals surface area contributed by atoms with Crippen LogP contribution in [0.1, 0.15) is 51.2 Å². The molecule has 0 radical (unpaired) electrons. The van der Waals surface area contributed by atoms with Gasteiger partial charge in [0.15, 0.2) is 5.78 Å².